The Morgan fingerprint density at radius 3 is 2.33 bits per heavy atom. The number of nitrogen functional groups attached to an aromatic ring is 1. The molecule has 0 bridgehead atoms. The minimum atomic E-state index is -0.764. The second-order valence-electron chi connectivity index (χ2n) is 3.60. The summed E-state index contributed by atoms with van der Waals surface area (Å²) in [6.07, 6.45) is 0. The van der Waals surface area contributed by atoms with Gasteiger partial charge in [0.1, 0.15) is 17.5 Å². The van der Waals surface area contributed by atoms with Gasteiger partial charge in [0.15, 0.2) is 0 Å². The van der Waals surface area contributed by atoms with Crippen LogP contribution in [0.25, 0.3) is 0 Å². The fourth-order valence-corrected chi connectivity index (χ4v) is 1.75. The van der Waals surface area contributed by atoms with Crippen molar-refractivity contribution < 1.29 is 13.2 Å². The van der Waals surface area contributed by atoms with Crippen molar-refractivity contribution in [1.29, 1.82) is 0 Å². The Bertz CT molecular complexity index is 602. The van der Waals surface area contributed by atoms with Gasteiger partial charge < -0.3 is 11.1 Å². The van der Waals surface area contributed by atoms with Gasteiger partial charge in [-0.25, -0.2) is 13.2 Å². The van der Waals surface area contributed by atoms with Crippen molar-refractivity contribution >= 4 is 33.0 Å². The zero-order valence-corrected chi connectivity index (χ0v) is 10.6. The quantitative estimate of drug-likeness (QED) is 0.644. The molecule has 0 aliphatic carbocycles. The van der Waals surface area contributed by atoms with E-state index in [4.69, 9.17) is 5.73 Å². The van der Waals surface area contributed by atoms with Crippen LogP contribution in [0.1, 0.15) is 0 Å². The number of benzene rings is 2. The van der Waals surface area contributed by atoms with E-state index in [-0.39, 0.29) is 15.8 Å². The van der Waals surface area contributed by atoms with Gasteiger partial charge in [0.05, 0.1) is 21.5 Å². The summed E-state index contributed by atoms with van der Waals surface area (Å²) in [4.78, 5) is 0. The van der Waals surface area contributed by atoms with Gasteiger partial charge in [-0.05, 0) is 40.2 Å². The molecule has 0 fully saturated rings. The predicted octanol–water partition coefficient (Wildman–Crippen LogP) is 4.19. The van der Waals surface area contributed by atoms with Crippen LogP contribution in [0.15, 0.2) is 34.8 Å². The maximum atomic E-state index is 13.5. The lowest BCUT2D eigenvalue weighted by Gasteiger charge is -2.11. The second-order valence-corrected chi connectivity index (χ2v) is 4.46. The molecule has 0 spiro atoms. The van der Waals surface area contributed by atoms with Crippen LogP contribution in [0.2, 0.25) is 0 Å². The molecule has 0 aromatic heterocycles. The molecule has 2 rings (SSSR count). The van der Waals surface area contributed by atoms with Crippen molar-refractivity contribution in [3.63, 3.8) is 0 Å². The number of hydrogen-bond donors (Lipinski definition) is 2. The smallest absolute Gasteiger partial charge is 0.149 e. The standard InChI is InChI=1S/C12H8BrF3N2/c13-7-4-12(9(16)5-8(7)15)18-11-2-1-6(14)3-10(11)17/h1-5,18H,17H2. The topological polar surface area (TPSA) is 38.0 Å². The van der Waals surface area contributed by atoms with Gasteiger partial charge in [-0.15, -0.1) is 0 Å². The van der Waals surface area contributed by atoms with Crippen LogP contribution in [-0.2, 0) is 0 Å². The van der Waals surface area contributed by atoms with E-state index in [1.165, 1.54) is 18.2 Å². The zero-order valence-electron chi connectivity index (χ0n) is 8.98. The molecule has 2 aromatic rings. The minimum Gasteiger partial charge on any atom is -0.397 e. The van der Waals surface area contributed by atoms with Gasteiger partial charge in [-0.1, -0.05) is 0 Å². The Morgan fingerprint density at radius 2 is 1.67 bits per heavy atom. The highest BCUT2D eigenvalue weighted by atomic mass is 79.9. The molecule has 0 heterocycles. The van der Waals surface area contributed by atoms with Crippen LogP contribution in [0.3, 0.4) is 0 Å². The summed E-state index contributed by atoms with van der Waals surface area (Å²) in [5.74, 6) is -1.96. The number of halogens is 4. The van der Waals surface area contributed by atoms with Crippen molar-refractivity contribution in [2.45, 2.75) is 0 Å². The molecule has 0 amide bonds. The Morgan fingerprint density at radius 1 is 0.944 bits per heavy atom. The SMILES string of the molecule is Nc1cc(F)ccc1Nc1cc(Br)c(F)cc1F. The average molecular weight is 317 g/mol. The van der Waals surface area contributed by atoms with Gasteiger partial charge in [0, 0.05) is 6.07 Å². The van der Waals surface area contributed by atoms with E-state index < -0.39 is 17.5 Å². The average Bonchev–Trinajstić information content (AvgIpc) is 2.29. The van der Waals surface area contributed by atoms with E-state index in [2.05, 4.69) is 21.2 Å². The van der Waals surface area contributed by atoms with Gasteiger partial charge >= 0.3 is 0 Å². The van der Waals surface area contributed by atoms with E-state index in [1.807, 2.05) is 0 Å². The van der Waals surface area contributed by atoms with Crippen molar-refractivity contribution in [3.05, 3.63) is 52.3 Å². The summed E-state index contributed by atoms with van der Waals surface area (Å²) in [5, 5.41) is 2.67. The molecule has 3 N–H and O–H groups in total. The van der Waals surface area contributed by atoms with Gasteiger partial charge in [-0.2, -0.15) is 0 Å². The van der Waals surface area contributed by atoms with Crippen LogP contribution in [0.4, 0.5) is 30.2 Å². The molecule has 2 aromatic carbocycles. The highest BCUT2D eigenvalue weighted by molar-refractivity contribution is 9.10. The van der Waals surface area contributed by atoms with Gasteiger partial charge in [-0.3, -0.25) is 0 Å². The van der Waals surface area contributed by atoms with Crippen molar-refractivity contribution in [1.82, 2.24) is 0 Å². The van der Waals surface area contributed by atoms with Gasteiger partial charge in [0.25, 0.3) is 0 Å². The van der Waals surface area contributed by atoms with E-state index in [0.717, 1.165) is 12.1 Å². The van der Waals surface area contributed by atoms with Crippen LogP contribution >= 0.6 is 15.9 Å². The van der Waals surface area contributed by atoms with Crippen LogP contribution < -0.4 is 11.1 Å². The summed E-state index contributed by atoms with van der Waals surface area (Å²) in [6.45, 7) is 0. The number of rotatable bonds is 2. The lowest BCUT2D eigenvalue weighted by molar-refractivity contribution is 0.581. The highest BCUT2D eigenvalue weighted by Gasteiger charge is 2.09. The molecule has 0 unspecified atom stereocenters. The monoisotopic (exact) mass is 316 g/mol. The van der Waals surface area contributed by atoms with E-state index in [1.54, 1.807) is 0 Å². The van der Waals surface area contributed by atoms with Crippen LogP contribution in [0.5, 0.6) is 0 Å². The largest absolute Gasteiger partial charge is 0.397 e. The normalized spacial score (nSPS) is 10.4. The molecule has 6 heteroatoms. The van der Waals surface area contributed by atoms with E-state index >= 15 is 0 Å². The van der Waals surface area contributed by atoms with Crippen LogP contribution in [-0.4, -0.2) is 0 Å². The first-order valence-electron chi connectivity index (χ1n) is 4.94. The molecule has 0 atom stereocenters. The first kappa shape index (κ1) is 12.8. The first-order chi connectivity index (χ1) is 8.47. The molecule has 0 aliphatic rings. The fourth-order valence-electron chi connectivity index (χ4n) is 1.41. The maximum absolute atomic E-state index is 13.5. The minimum absolute atomic E-state index is 0.0431. The molecular formula is C12H8BrF3N2. The van der Waals surface area contributed by atoms with E-state index in [0.29, 0.717) is 5.69 Å². The molecule has 0 saturated carbocycles. The fraction of sp³-hybridized carbons (Fsp3) is 0. The summed E-state index contributed by atoms with van der Waals surface area (Å²) in [5.41, 5.74) is 6.10. The second kappa shape index (κ2) is 4.89. The third-order valence-corrected chi connectivity index (χ3v) is 2.90. The highest BCUT2D eigenvalue weighted by Crippen LogP contribution is 2.29. The molecule has 2 nitrogen and oxygen atoms in total. The molecule has 94 valence electrons. The Hall–Kier alpha value is -1.69. The molecule has 0 saturated heterocycles. The van der Waals surface area contributed by atoms with Crippen molar-refractivity contribution in [3.8, 4) is 0 Å². The molecule has 0 radical (unpaired) electrons. The Balaban J connectivity index is 2.37. The van der Waals surface area contributed by atoms with Crippen LogP contribution in [0, 0.1) is 17.5 Å². The number of anilines is 3. The number of nitrogens with two attached hydrogens (primary N) is 1. The lowest BCUT2D eigenvalue weighted by Crippen LogP contribution is -1.99. The summed E-state index contributed by atoms with van der Waals surface area (Å²) < 4.78 is 39.5. The summed E-state index contributed by atoms with van der Waals surface area (Å²) in [6, 6.07) is 5.66. The van der Waals surface area contributed by atoms with Crippen molar-refractivity contribution in [2.24, 2.45) is 0 Å². The van der Waals surface area contributed by atoms with Gasteiger partial charge in [0.2, 0.25) is 0 Å². The molecule has 18 heavy (non-hydrogen) atoms. The molecule has 0 aliphatic heterocycles. The van der Waals surface area contributed by atoms with Crippen molar-refractivity contribution in [2.75, 3.05) is 11.1 Å². The number of hydrogen-bond acceptors (Lipinski definition) is 2. The van der Waals surface area contributed by atoms with E-state index in [9.17, 15) is 13.2 Å². The first-order valence-corrected chi connectivity index (χ1v) is 5.73. The zero-order chi connectivity index (χ0) is 13.3. The summed E-state index contributed by atoms with van der Waals surface area (Å²) in [7, 11) is 0. The predicted molar refractivity (Wildman–Crippen MR) is 68.2 cm³/mol. The maximum Gasteiger partial charge on any atom is 0.149 e. The third kappa shape index (κ3) is 2.59. The third-order valence-electron chi connectivity index (χ3n) is 2.29. The Labute approximate surface area is 110 Å². The molecular weight excluding hydrogens is 309 g/mol. The summed E-state index contributed by atoms with van der Waals surface area (Å²) >= 11 is 2.95. The Kier molecular flexibility index (Phi) is 3.47. The number of nitrogens with one attached hydrogen (secondary N) is 1. The lowest BCUT2D eigenvalue weighted by atomic mass is 10.2.